The SMILES string of the molecule is Nc1nc(N(C(=O)C=NO)C2C(=O)N3CC(C=Cc4csnn4)(C(=O)[O-])CS[C@H]23)cs1.[Na+]. The quantitative estimate of drug-likeness (QED) is 0.130. The molecule has 162 valence electrons. The van der Waals surface area contributed by atoms with Gasteiger partial charge in [-0.05, 0) is 17.6 Å². The Balaban J connectivity index is 0.00000289. The average Bonchev–Trinajstić information content (AvgIpc) is 3.41. The predicted octanol–water partition coefficient (Wildman–Crippen LogP) is -3.89. The number of hydrogen-bond donors (Lipinski definition) is 2. The molecule has 0 aromatic carbocycles. The number of rotatable bonds is 6. The van der Waals surface area contributed by atoms with Crippen molar-refractivity contribution in [3.05, 3.63) is 22.5 Å². The Kier molecular flexibility index (Phi) is 7.57. The molecule has 2 aliphatic rings. The van der Waals surface area contributed by atoms with E-state index in [-0.39, 0.29) is 52.8 Å². The summed E-state index contributed by atoms with van der Waals surface area (Å²) in [6.07, 6.45) is 3.66. The molecule has 2 amide bonds. The van der Waals surface area contributed by atoms with E-state index in [1.165, 1.54) is 34.2 Å². The molecule has 2 aromatic rings. The van der Waals surface area contributed by atoms with Crippen molar-refractivity contribution < 1.29 is 54.3 Å². The Morgan fingerprint density at radius 2 is 2.22 bits per heavy atom. The molecule has 0 aliphatic carbocycles. The minimum Gasteiger partial charge on any atom is -0.549 e. The maximum absolute atomic E-state index is 13.0. The van der Waals surface area contributed by atoms with Crippen molar-refractivity contribution in [2.45, 2.75) is 11.4 Å². The molecule has 4 heterocycles. The standard InChI is InChI=1S/C16H15N7O5S3.Na/c17-15-19-9(5-29-15)23(10(24)3-18-28)11-12(25)22-6-16(14(26)27,7-30-13(11)22)2-1-8-4-31-21-20-8;/h1-5,11,13,28H,6-7H2,(H2,17,19)(H,26,27);/q;+1/p-1/t11?,13-,16?;/m1./s1. The number of thioether (sulfide) groups is 1. The second-order valence-corrected chi connectivity index (χ2v) is 9.32. The molecule has 0 radical (unpaired) electrons. The van der Waals surface area contributed by atoms with Crippen molar-refractivity contribution in [3.8, 4) is 0 Å². The minimum absolute atomic E-state index is 0. The largest absolute Gasteiger partial charge is 1.00 e. The van der Waals surface area contributed by atoms with Gasteiger partial charge in [0, 0.05) is 23.1 Å². The molecule has 2 aromatic heterocycles. The summed E-state index contributed by atoms with van der Waals surface area (Å²) in [5.41, 5.74) is 4.74. The Morgan fingerprint density at radius 1 is 1.44 bits per heavy atom. The Labute approximate surface area is 215 Å². The monoisotopic (exact) mass is 503 g/mol. The first kappa shape index (κ1) is 24.6. The summed E-state index contributed by atoms with van der Waals surface area (Å²) in [5, 5.41) is 30.2. The number of thiazole rings is 1. The van der Waals surface area contributed by atoms with Gasteiger partial charge in [0.05, 0.1) is 17.1 Å². The zero-order valence-corrected chi connectivity index (χ0v) is 21.0. The summed E-state index contributed by atoms with van der Waals surface area (Å²) in [4.78, 5) is 44.0. The summed E-state index contributed by atoms with van der Waals surface area (Å²) >= 11 is 3.42. The Bertz CT molecular complexity index is 1080. The Morgan fingerprint density at radius 3 is 2.81 bits per heavy atom. The van der Waals surface area contributed by atoms with Crippen LogP contribution in [0.3, 0.4) is 0 Å². The average molecular weight is 504 g/mol. The van der Waals surface area contributed by atoms with Crippen molar-refractivity contribution in [2.24, 2.45) is 10.6 Å². The van der Waals surface area contributed by atoms with Crippen molar-refractivity contribution >= 4 is 75.7 Å². The summed E-state index contributed by atoms with van der Waals surface area (Å²) in [6, 6.07) is -0.941. The molecule has 2 aliphatic heterocycles. The molecule has 4 rings (SSSR count). The van der Waals surface area contributed by atoms with E-state index in [9.17, 15) is 19.5 Å². The second kappa shape index (κ2) is 9.84. The second-order valence-electron chi connectivity index (χ2n) is 6.72. The van der Waals surface area contributed by atoms with Gasteiger partial charge in [0.1, 0.15) is 23.4 Å². The van der Waals surface area contributed by atoms with E-state index < -0.39 is 34.6 Å². The van der Waals surface area contributed by atoms with E-state index in [1.54, 1.807) is 5.38 Å². The van der Waals surface area contributed by atoms with Crippen LogP contribution in [0.2, 0.25) is 0 Å². The molecular weight excluding hydrogens is 489 g/mol. The molecule has 2 unspecified atom stereocenters. The normalized spacial score (nSPS) is 24.8. The van der Waals surface area contributed by atoms with Gasteiger partial charge in [-0.25, -0.2) is 4.98 Å². The molecule has 3 N–H and O–H groups in total. The third-order valence-corrected chi connectivity index (χ3v) is 7.59. The van der Waals surface area contributed by atoms with Gasteiger partial charge in [0.2, 0.25) is 5.91 Å². The van der Waals surface area contributed by atoms with Crippen LogP contribution in [0.5, 0.6) is 0 Å². The van der Waals surface area contributed by atoms with Gasteiger partial charge in [-0.3, -0.25) is 14.5 Å². The predicted molar refractivity (Wildman–Crippen MR) is 112 cm³/mol. The maximum atomic E-state index is 13.0. The van der Waals surface area contributed by atoms with Gasteiger partial charge in [-0.15, -0.1) is 28.2 Å². The third-order valence-electron chi connectivity index (χ3n) is 4.87. The number of fused-ring (bicyclic) bond motifs is 1. The zero-order valence-electron chi connectivity index (χ0n) is 16.5. The number of carboxylic acids is 1. The number of hydrogen-bond acceptors (Lipinski definition) is 13. The van der Waals surface area contributed by atoms with Crippen LogP contribution in [0.25, 0.3) is 6.08 Å². The van der Waals surface area contributed by atoms with E-state index in [0.717, 1.165) is 27.8 Å². The van der Waals surface area contributed by atoms with Crippen molar-refractivity contribution in [1.29, 1.82) is 0 Å². The van der Waals surface area contributed by atoms with Crippen molar-refractivity contribution in [1.82, 2.24) is 19.5 Å². The molecule has 0 saturated carbocycles. The molecule has 32 heavy (non-hydrogen) atoms. The first-order valence-corrected chi connectivity index (χ1v) is 11.4. The number of nitrogens with zero attached hydrogens (tertiary/aromatic N) is 6. The Hall–Kier alpha value is -2.04. The van der Waals surface area contributed by atoms with Crippen LogP contribution in [0, 0.1) is 5.41 Å². The summed E-state index contributed by atoms with van der Waals surface area (Å²) in [6.45, 7) is -0.119. The molecule has 0 bridgehead atoms. The van der Waals surface area contributed by atoms with E-state index >= 15 is 0 Å². The first-order valence-electron chi connectivity index (χ1n) is 8.68. The molecule has 2 saturated heterocycles. The fraction of sp³-hybridized carbons (Fsp3) is 0.312. The molecular formula is C16H14N7NaO5S3. The van der Waals surface area contributed by atoms with Gasteiger partial charge >= 0.3 is 29.6 Å². The fourth-order valence-corrected chi connectivity index (χ4v) is 5.86. The third kappa shape index (κ3) is 4.40. The van der Waals surface area contributed by atoms with Gasteiger partial charge in [-0.2, -0.15) is 0 Å². The molecule has 16 heteroatoms. The van der Waals surface area contributed by atoms with E-state index in [1.807, 2.05) is 0 Å². The zero-order chi connectivity index (χ0) is 22.2. The number of anilines is 2. The number of carbonyl (C=O) groups excluding carboxylic acids is 3. The number of aliphatic carboxylic acids is 1. The van der Waals surface area contributed by atoms with Crippen LogP contribution in [0.4, 0.5) is 10.9 Å². The van der Waals surface area contributed by atoms with E-state index in [0.29, 0.717) is 11.9 Å². The van der Waals surface area contributed by atoms with E-state index in [4.69, 9.17) is 10.9 Å². The minimum atomic E-state index is -1.42. The molecule has 12 nitrogen and oxygen atoms in total. The van der Waals surface area contributed by atoms with E-state index in [2.05, 4.69) is 19.7 Å². The summed E-state index contributed by atoms with van der Waals surface area (Å²) in [5.74, 6) is -2.26. The first-order chi connectivity index (χ1) is 14.9. The summed E-state index contributed by atoms with van der Waals surface area (Å²) in [7, 11) is 0. The van der Waals surface area contributed by atoms with Crippen molar-refractivity contribution in [2.75, 3.05) is 22.9 Å². The number of aromatic nitrogens is 3. The topological polar surface area (TPSA) is 178 Å². The molecule has 2 fully saturated rings. The van der Waals surface area contributed by atoms with Crippen molar-refractivity contribution in [3.63, 3.8) is 0 Å². The number of carbonyl (C=O) groups is 3. The number of carboxylic acid groups (broad SMARTS) is 1. The number of nitrogens with two attached hydrogens (primary N) is 1. The molecule has 3 atom stereocenters. The number of oxime groups is 1. The summed E-state index contributed by atoms with van der Waals surface area (Å²) < 4.78 is 3.72. The number of amides is 2. The van der Waals surface area contributed by atoms with Crippen LogP contribution < -0.4 is 45.3 Å². The van der Waals surface area contributed by atoms with Crippen LogP contribution in [0.1, 0.15) is 5.69 Å². The number of β-lactam (4-membered cyclic amide) rings is 1. The maximum Gasteiger partial charge on any atom is 1.00 e. The van der Waals surface area contributed by atoms with Crippen LogP contribution in [-0.2, 0) is 14.4 Å². The van der Waals surface area contributed by atoms with Gasteiger partial charge in [-0.1, -0.05) is 15.7 Å². The number of nitrogen functional groups attached to an aromatic ring is 1. The van der Waals surface area contributed by atoms with Gasteiger partial charge < -0.3 is 25.7 Å². The van der Waals surface area contributed by atoms with Gasteiger partial charge in [0.25, 0.3) is 5.91 Å². The fourth-order valence-electron chi connectivity index (χ4n) is 3.35. The molecule has 0 spiro atoms. The van der Waals surface area contributed by atoms with Crippen LogP contribution in [-0.4, -0.2) is 72.4 Å². The van der Waals surface area contributed by atoms with Gasteiger partial charge in [0.15, 0.2) is 5.13 Å². The smallest absolute Gasteiger partial charge is 0.549 e. The van der Waals surface area contributed by atoms with Crippen LogP contribution in [0.15, 0.2) is 22.0 Å². The van der Waals surface area contributed by atoms with Crippen LogP contribution >= 0.6 is 34.6 Å².